The molecule has 0 aliphatic rings. The minimum absolute atomic E-state index is 0.0526. The second kappa shape index (κ2) is 17.6. The van der Waals surface area contributed by atoms with Gasteiger partial charge in [0, 0.05) is 0 Å². The fourth-order valence-electron chi connectivity index (χ4n) is 5.40. The number of amides is 1. The molecule has 0 bridgehead atoms. The van der Waals surface area contributed by atoms with Crippen molar-refractivity contribution in [3.63, 3.8) is 0 Å². The van der Waals surface area contributed by atoms with Gasteiger partial charge in [-0.1, -0.05) is 0 Å². The third-order valence-electron chi connectivity index (χ3n) is 9.29. The summed E-state index contributed by atoms with van der Waals surface area (Å²) in [5.41, 5.74) is 0.0902. The minimum atomic E-state index is -2.84. The number of nitrogens with one attached hydrogen (secondary N) is 1. The molecule has 1 N–H and O–H groups in total. The van der Waals surface area contributed by atoms with Gasteiger partial charge >= 0.3 is 275 Å². The maximum absolute atomic E-state index is 13.9. The van der Waals surface area contributed by atoms with E-state index in [0.29, 0.717) is 5.56 Å². The Kier molecular flexibility index (Phi) is 15.2. The van der Waals surface area contributed by atoms with Crippen molar-refractivity contribution in [2.45, 2.75) is 123 Å². The predicted octanol–water partition coefficient (Wildman–Crippen LogP) is 9.90. The molecule has 44 heavy (non-hydrogen) atoms. The Morgan fingerprint density at radius 1 is 0.864 bits per heavy atom. The number of ether oxygens (including phenoxy) is 1. The standard InChI is InChI=1S/C25H32NO4Si.3C4H9.Sn/c1-8-25(23(28)29-5,26-22(27)20-14-10-9-11-15-20)18-19-13-12-16-21(17-19)30-31(6,7)24(2,3)4;3*1-3-4-2;/h1,8-17H,18H2,2-7H3,(H,26,27);3*1,3-4H2,2H3;/t25-;;;;/m0..../s1. The zero-order chi connectivity index (χ0) is 32.9. The molecule has 2 aromatic rings. The zero-order valence-electron chi connectivity index (χ0n) is 29.1. The van der Waals surface area contributed by atoms with Gasteiger partial charge in [-0.2, -0.15) is 0 Å². The number of unbranched alkanes of at least 4 members (excludes halogenated alkanes) is 3. The van der Waals surface area contributed by atoms with E-state index in [-0.39, 0.29) is 17.4 Å². The average Bonchev–Trinajstić information content (AvgIpc) is 2.99. The van der Waals surface area contributed by atoms with Crippen LogP contribution in [0.2, 0.25) is 31.4 Å². The summed E-state index contributed by atoms with van der Waals surface area (Å²) in [5.74, 6) is 0.0646. The van der Waals surface area contributed by atoms with E-state index in [1.807, 2.05) is 42.5 Å². The van der Waals surface area contributed by atoms with Gasteiger partial charge in [-0.25, -0.2) is 0 Å². The van der Waals surface area contributed by atoms with Crippen molar-refractivity contribution in [2.75, 3.05) is 7.11 Å². The molecule has 0 fully saturated rings. The van der Waals surface area contributed by atoms with Crippen LogP contribution in [0.15, 0.2) is 64.8 Å². The van der Waals surface area contributed by atoms with Crippen LogP contribution in [-0.4, -0.2) is 51.2 Å². The summed E-state index contributed by atoms with van der Waals surface area (Å²) in [6, 6.07) is 17.1. The average molecular weight is 729 g/mol. The first kappa shape index (κ1) is 38.1. The van der Waals surface area contributed by atoms with Crippen molar-refractivity contribution < 1.29 is 18.8 Å². The molecule has 2 rings (SSSR count). The summed E-state index contributed by atoms with van der Waals surface area (Å²) in [5, 5.41) is 3.23. The second-order valence-corrected chi connectivity index (χ2v) is 31.7. The van der Waals surface area contributed by atoms with Crippen LogP contribution in [0, 0.1) is 0 Å². The van der Waals surface area contributed by atoms with Gasteiger partial charge in [0.25, 0.3) is 0 Å². The van der Waals surface area contributed by atoms with E-state index >= 15 is 0 Å². The molecular formula is C37H59NO4SiSn. The summed E-state index contributed by atoms with van der Waals surface area (Å²) in [7, 11) is -0.657. The summed E-state index contributed by atoms with van der Waals surface area (Å²) >= 11 is -2.84. The second-order valence-electron chi connectivity index (χ2n) is 14.0. The van der Waals surface area contributed by atoms with Crippen LogP contribution in [0.4, 0.5) is 0 Å². The first-order chi connectivity index (χ1) is 20.8. The number of carbonyl (C=O) groups is 2. The molecule has 0 aliphatic heterocycles. The van der Waals surface area contributed by atoms with E-state index in [2.05, 4.69) is 70.1 Å². The first-order valence-electron chi connectivity index (χ1n) is 16.7. The molecule has 1 amide bonds. The van der Waals surface area contributed by atoms with Gasteiger partial charge in [-0.3, -0.25) is 0 Å². The third kappa shape index (κ3) is 11.1. The third-order valence-corrected chi connectivity index (χ3v) is 27.7. The molecule has 5 nitrogen and oxygen atoms in total. The van der Waals surface area contributed by atoms with Gasteiger partial charge in [0.15, 0.2) is 0 Å². The normalized spacial score (nSPS) is 13.8. The van der Waals surface area contributed by atoms with E-state index in [0.717, 1.165) is 11.3 Å². The summed E-state index contributed by atoms with van der Waals surface area (Å²) in [4.78, 5) is 27.6. The molecule has 7 heteroatoms. The van der Waals surface area contributed by atoms with Crippen LogP contribution in [0.1, 0.15) is 96.0 Å². The van der Waals surface area contributed by atoms with Crippen molar-refractivity contribution >= 4 is 38.6 Å². The van der Waals surface area contributed by atoms with Gasteiger partial charge in [0.2, 0.25) is 0 Å². The van der Waals surface area contributed by atoms with E-state index in [4.69, 9.17) is 9.16 Å². The van der Waals surface area contributed by atoms with Crippen molar-refractivity contribution in [1.29, 1.82) is 0 Å². The van der Waals surface area contributed by atoms with Crippen molar-refractivity contribution in [3.8, 4) is 5.75 Å². The monoisotopic (exact) mass is 729 g/mol. The van der Waals surface area contributed by atoms with Gasteiger partial charge < -0.3 is 0 Å². The number of methoxy groups -OCH3 is 1. The van der Waals surface area contributed by atoms with E-state index < -0.39 is 38.2 Å². The van der Waals surface area contributed by atoms with Crippen LogP contribution in [0.25, 0.3) is 0 Å². The van der Waals surface area contributed by atoms with Crippen molar-refractivity contribution in [2.24, 2.45) is 0 Å². The first-order valence-corrected chi connectivity index (χ1v) is 27.3. The molecule has 0 spiro atoms. The SMILES string of the molecule is CCC[CH2][Sn](/[CH]=C/[C@@](Cc1cccc(O[Si](C)(C)C(C)(C)C)c1)(NC(=O)c1ccccc1)C(=O)OC)([CH2]CCC)[CH2]CCC. The molecule has 0 aliphatic carbocycles. The van der Waals surface area contributed by atoms with Crippen LogP contribution in [0.5, 0.6) is 5.75 Å². The Bertz CT molecular complexity index is 1190. The molecule has 0 aromatic heterocycles. The van der Waals surface area contributed by atoms with Crippen LogP contribution < -0.4 is 9.74 Å². The van der Waals surface area contributed by atoms with E-state index in [9.17, 15) is 9.59 Å². The summed E-state index contributed by atoms with van der Waals surface area (Å²) in [6.07, 6.45) is 9.46. The fraction of sp³-hybridized carbons (Fsp3) is 0.568. The number of hydrogen-bond donors (Lipinski definition) is 1. The van der Waals surface area contributed by atoms with Crippen LogP contribution in [0.3, 0.4) is 0 Å². The Morgan fingerprint density at radius 2 is 1.43 bits per heavy atom. The number of esters is 1. The Labute approximate surface area is 273 Å². The van der Waals surface area contributed by atoms with Crippen molar-refractivity contribution in [1.82, 2.24) is 5.32 Å². The van der Waals surface area contributed by atoms with Gasteiger partial charge in [-0.05, 0) is 0 Å². The van der Waals surface area contributed by atoms with E-state index in [1.165, 1.54) is 58.9 Å². The molecule has 0 saturated heterocycles. The maximum atomic E-state index is 13.9. The number of benzene rings is 2. The van der Waals surface area contributed by atoms with Gasteiger partial charge in [0.1, 0.15) is 0 Å². The van der Waals surface area contributed by atoms with Gasteiger partial charge in [-0.15, -0.1) is 0 Å². The van der Waals surface area contributed by atoms with E-state index in [1.54, 1.807) is 12.1 Å². The molecule has 2 aromatic carbocycles. The number of carbonyl (C=O) groups excluding carboxylic acids is 2. The quantitative estimate of drug-likeness (QED) is 0.123. The Hall–Kier alpha value is -2.06. The van der Waals surface area contributed by atoms with Gasteiger partial charge in [0.05, 0.1) is 0 Å². The number of hydrogen-bond acceptors (Lipinski definition) is 4. The Morgan fingerprint density at radius 3 is 1.93 bits per heavy atom. The number of rotatable bonds is 18. The van der Waals surface area contributed by atoms with Crippen LogP contribution in [-0.2, 0) is 16.0 Å². The molecule has 244 valence electrons. The molecule has 0 unspecified atom stereocenters. The molecule has 0 saturated carbocycles. The summed E-state index contributed by atoms with van der Waals surface area (Å²) < 4.78 is 18.4. The molecule has 0 radical (unpaired) electrons. The molecule has 0 heterocycles. The summed E-state index contributed by atoms with van der Waals surface area (Å²) in [6.45, 7) is 17.9. The van der Waals surface area contributed by atoms with Crippen LogP contribution >= 0.6 is 0 Å². The topological polar surface area (TPSA) is 64.6 Å². The Balaban J connectivity index is 2.68. The fourth-order valence-corrected chi connectivity index (χ4v) is 20.9. The predicted molar refractivity (Wildman–Crippen MR) is 191 cm³/mol. The van der Waals surface area contributed by atoms with Crippen molar-refractivity contribution in [3.05, 3.63) is 75.9 Å². The molecule has 1 atom stereocenters. The zero-order valence-corrected chi connectivity index (χ0v) is 32.9. The molecular weight excluding hydrogens is 669 g/mol.